The zero-order valence-corrected chi connectivity index (χ0v) is 9.55. The predicted molar refractivity (Wildman–Crippen MR) is 70.4 cm³/mol. The lowest BCUT2D eigenvalue weighted by atomic mass is 10.0. The number of rotatable bonds is 2. The predicted octanol–water partition coefficient (Wildman–Crippen LogP) is 2.38. The van der Waals surface area contributed by atoms with E-state index in [-0.39, 0.29) is 5.78 Å². The molecular weight excluding hydrogens is 226 g/mol. The highest BCUT2D eigenvalue weighted by molar-refractivity contribution is 6.10. The van der Waals surface area contributed by atoms with E-state index in [1.165, 1.54) is 0 Å². The van der Waals surface area contributed by atoms with Crippen LogP contribution in [0.2, 0.25) is 0 Å². The minimum atomic E-state index is -0.0504. The number of fused-ring (bicyclic) bond motifs is 1. The first-order valence-electron chi connectivity index (χ1n) is 5.57. The van der Waals surface area contributed by atoms with Crippen molar-refractivity contribution >= 4 is 22.5 Å². The average Bonchev–Trinajstić information content (AvgIpc) is 2.86. The third-order valence-electron chi connectivity index (χ3n) is 2.84. The van der Waals surface area contributed by atoms with Crippen LogP contribution in [0.3, 0.4) is 0 Å². The quantitative estimate of drug-likeness (QED) is 0.531. The molecule has 4 nitrogen and oxygen atoms in total. The number of aromatic amines is 1. The van der Waals surface area contributed by atoms with Crippen molar-refractivity contribution in [2.75, 3.05) is 5.73 Å². The Balaban J connectivity index is 2.03. The van der Waals surface area contributed by atoms with E-state index in [1.807, 2.05) is 12.1 Å². The Bertz CT molecular complexity index is 713. The second kappa shape index (κ2) is 4.00. The average molecular weight is 237 g/mol. The fourth-order valence-electron chi connectivity index (χ4n) is 1.87. The highest BCUT2D eigenvalue weighted by Crippen LogP contribution is 2.15. The van der Waals surface area contributed by atoms with Crippen LogP contribution in [0.5, 0.6) is 0 Å². The van der Waals surface area contributed by atoms with Crippen LogP contribution in [-0.4, -0.2) is 15.8 Å². The Morgan fingerprint density at radius 1 is 1.11 bits per heavy atom. The van der Waals surface area contributed by atoms with Crippen LogP contribution in [0.1, 0.15) is 15.9 Å². The summed E-state index contributed by atoms with van der Waals surface area (Å²) >= 11 is 0. The Labute approximate surface area is 103 Å². The number of nitrogens with zero attached hydrogens (tertiary/aromatic N) is 1. The molecular formula is C14H11N3O. The number of nitrogens with one attached hydrogen (secondary N) is 1. The number of carbonyl (C=O) groups is 1. The minimum absolute atomic E-state index is 0.0504. The van der Waals surface area contributed by atoms with Gasteiger partial charge in [0.05, 0.1) is 0 Å². The Kier molecular flexibility index (Phi) is 2.34. The van der Waals surface area contributed by atoms with Crippen LogP contribution in [-0.2, 0) is 0 Å². The lowest BCUT2D eigenvalue weighted by molar-refractivity contribution is 0.103. The molecule has 3 aromatic rings. The molecule has 3 rings (SSSR count). The van der Waals surface area contributed by atoms with Crippen LogP contribution in [0.15, 0.2) is 48.8 Å². The monoisotopic (exact) mass is 237 g/mol. The van der Waals surface area contributed by atoms with Gasteiger partial charge in [-0.3, -0.25) is 4.79 Å². The number of hydrogen-bond donors (Lipinski definition) is 2. The van der Waals surface area contributed by atoms with Crippen LogP contribution >= 0.6 is 0 Å². The van der Waals surface area contributed by atoms with Crippen molar-refractivity contribution in [3.05, 3.63) is 59.9 Å². The molecule has 0 unspecified atom stereocenters. The number of carbonyl (C=O) groups excluding carboxylic acids is 1. The van der Waals surface area contributed by atoms with E-state index in [0.717, 1.165) is 11.0 Å². The van der Waals surface area contributed by atoms with E-state index in [4.69, 9.17) is 5.73 Å². The van der Waals surface area contributed by atoms with Gasteiger partial charge >= 0.3 is 0 Å². The molecule has 0 spiro atoms. The summed E-state index contributed by atoms with van der Waals surface area (Å²) in [6.07, 6.45) is 3.38. The van der Waals surface area contributed by atoms with Gasteiger partial charge in [-0.1, -0.05) is 0 Å². The molecule has 18 heavy (non-hydrogen) atoms. The molecule has 0 fully saturated rings. The van der Waals surface area contributed by atoms with Crippen molar-refractivity contribution in [1.82, 2.24) is 9.97 Å². The smallest absolute Gasteiger partial charge is 0.194 e. The molecule has 0 radical (unpaired) electrons. The summed E-state index contributed by atoms with van der Waals surface area (Å²) in [5.41, 5.74) is 8.21. The first-order valence-corrected chi connectivity index (χ1v) is 5.57. The topological polar surface area (TPSA) is 71.8 Å². The van der Waals surface area contributed by atoms with Gasteiger partial charge in [0.2, 0.25) is 0 Å². The SMILES string of the molecule is Nc1ccc(C(=O)c2cnc3[nH]ccc3c2)cc1. The van der Waals surface area contributed by atoms with Gasteiger partial charge in [0.25, 0.3) is 0 Å². The molecule has 0 aliphatic carbocycles. The van der Waals surface area contributed by atoms with E-state index >= 15 is 0 Å². The van der Waals surface area contributed by atoms with Gasteiger partial charge in [-0.2, -0.15) is 0 Å². The molecule has 0 saturated heterocycles. The Morgan fingerprint density at radius 3 is 2.67 bits per heavy atom. The van der Waals surface area contributed by atoms with Gasteiger partial charge in [0, 0.05) is 34.6 Å². The number of ketones is 1. The summed E-state index contributed by atoms with van der Waals surface area (Å²) in [5.74, 6) is -0.0504. The summed E-state index contributed by atoms with van der Waals surface area (Å²) in [5, 5.41) is 0.927. The third kappa shape index (κ3) is 1.73. The van der Waals surface area contributed by atoms with Crippen molar-refractivity contribution in [2.45, 2.75) is 0 Å². The highest BCUT2D eigenvalue weighted by Gasteiger charge is 2.10. The van der Waals surface area contributed by atoms with Crippen molar-refractivity contribution in [3.63, 3.8) is 0 Å². The summed E-state index contributed by atoms with van der Waals surface area (Å²) < 4.78 is 0. The van der Waals surface area contributed by atoms with E-state index in [0.29, 0.717) is 16.8 Å². The minimum Gasteiger partial charge on any atom is -0.399 e. The van der Waals surface area contributed by atoms with E-state index in [9.17, 15) is 4.79 Å². The maximum Gasteiger partial charge on any atom is 0.194 e. The molecule has 2 aromatic heterocycles. The number of pyridine rings is 1. The van der Waals surface area contributed by atoms with E-state index in [2.05, 4.69) is 9.97 Å². The maximum absolute atomic E-state index is 12.2. The molecule has 0 amide bonds. The zero-order chi connectivity index (χ0) is 12.5. The fourth-order valence-corrected chi connectivity index (χ4v) is 1.87. The van der Waals surface area contributed by atoms with Crippen LogP contribution in [0.25, 0.3) is 11.0 Å². The summed E-state index contributed by atoms with van der Waals surface area (Å²) in [4.78, 5) is 19.4. The summed E-state index contributed by atoms with van der Waals surface area (Å²) in [6.45, 7) is 0. The number of nitrogen functional groups attached to an aromatic ring is 1. The first kappa shape index (κ1) is 10.5. The molecule has 0 atom stereocenters. The van der Waals surface area contributed by atoms with Gasteiger partial charge in [0.15, 0.2) is 5.78 Å². The van der Waals surface area contributed by atoms with Gasteiger partial charge in [-0.15, -0.1) is 0 Å². The van der Waals surface area contributed by atoms with Gasteiger partial charge in [0.1, 0.15) is 5.65 Å². The number of H-pyrrole nitrogens is 1. The number of nitrogens with two attached hydrogens (primary N) is 1. The summed E-state index contributed by atoms with van der Waals surface area (Å²) in [7, 11) is 0. The largest absolute Gasteiger partial charge is 0.399 e. The molecule has 0 aliphatic rings. The van der Waals surface area contributed by atoms with Crippen molar-refractivity contribution in [1.29, 1.82) is 0 Å². The number of anilines is 1. The first-order chi connectivity index (χ1) is 8.74. The van der Waals surface area contributed by atoms with Crippen LogP contribution in [0.4, 0.5) is 5.69 Å². The summed E-state index contributed by atoms with van der Waals surface area (Å²) in [6, 6.07) is 10.6. The normalized spacial score (nSPS) is 10.7. The van der Waals surface area contributed by atoms with Gasteiger partial charge < -0.3 is 10.7 Å². The van der Waals surface area contributed by atoms with Crippen LogP contribution < -0.4 is 5.73 Å². The second-order valence-corrected chi connectivity index (χ2v) is 4.09. The molecule has 0 aliphatic heterocycles. The van der Waals surface area contributed by atoms with Crippen molar-refractivity contribution in [3.8, 4) is 0 Å². The maximum atomic E-state index is 12.2. The van der Waals surface area contributed by atoms with E-state index in [1.54, 1.807) is 36.7 Å². The molecule has 0 bridgehead atoms. The Morgan fingerprint density at radius 2 is 1.89 bits per heavy atom. The van der Waals surface area contributed by atoms with Crippen molar-refractivity contribution < 1.29 is 4.79 Å². The fraction of sp³-hybridized carbons (Fsp3) is 0. The molecule has 4 heteroatoms. The number of aromatic nitrogens is 2. The standard InChI is InChI=1S/C14H11N3O/c15-12-3-1-9(2-4-12)13(18)11-7-10-5-6-16-14(10)17-8-11/h1-8H,15H2,(H,16,17). The zero-order valence-electron chi connectivity index (χ0n) is 9.55. The van der Waals surface area contributed by atoms with E-state index < -0.39 is 0 Å². The van der Waals surface area contributed by atoms with Gasteiger partial charge in [-0.05, 0) is 36.4 Å². The lowest BCUT2D eigenvalue weighted by Crippen LogP contribution is -2.02. The molecule has 88 valence electrons. The molecule has 3 N–H and O–H groups in total. The third-order valence-corrected chi connectivity index (χ3v) is 2.84. The van der Waals surface area contributed by atoms with Crippen LogP contribution in [0, 0.1) is 0 Å². The Hall–Kier alpha value is -2.62. The molecule has 0 saturated carbocycles. The molecule has 2 heterocycles. The highest BCUT2D eigenvalue weighted by atomic mass is 16.1. The van der Waals surface area contributed by atoms with Crippen molar-refractivity contribution in [2.24, 2.45) is 0 Å². The van der Waals surface area contributed by atoms with Gasteiger partial charge in [-0.25, -0.2) is 4.98 Å². The number of benzene rings is 1. The lowest BCUT2D eigenvalue weighted by Gasteiger charge is -2.01. The molecule has 1 aromatic carbocycles. The number of hydrogen-bond acceptors (Lipinski definition) is 3. The second-order valence-electron chi connectivity index (χ2n) is 4.09.